The first-order chi connectivity index (χ1) is 9.69. The van der Waals surface area contributed by atoms with Gasteiger partial charge in [0.1, 0.15) is 0 Å². The lowest BCUT2D eigenvalue weighted by atomic mass is 9.74. The van der Waals surface area contributed by atoms with Crippen LogP contribution in [-0.2, 0) is 4.74 Å². The van der Waals surface area contributed by atoms with E-state index >= 15 is 0 Å². The monoisotopic (exact) mass is 273 g/mol. The van der Waals surface area contributed by atoms with Crippen molar-refractivity contribution in [1.82, 2.24) is 0 Å². The fraction of sp³-hybridized carbons (Fsp3) is 0.588. The Hall–Kier alpha value is -1.35. The van der Waals surface area contributed by atoms with Gasteiger partial charge in [-0.15, -0.1) is 0 Å². The third-order valence-corrected chi connectivity index (χ3v) is 4.82. The molecule has 1 aliphatic heterocycles. The second-order valence-electron chi connectivity index (χ2n) is 6.27. The van der Waals surface area contributed by atoms with Crippen molar-refractivity contribution in [3.8, 4) is 0 Å². The summed E-state index contributed by atoms with van der Waals surface area (Å²) in [5.41, 5.74) is 7.17. The molecule has 0 bridgehead atoms. The van der Waals surface area contributed by atoms with Crippen molar-refractivity contribution in [3.05, 3.63) is 29.8 Å². The third-order valence-electron chi connectivity index (χ3n) is 4.82. The van der Waals surface area contributed by atoms with Gasteiger partial charge in [-0.05, 0) is 49.9 Å². The number of rotatable bonds is 2. The predicted octanol–water partition coefficient (Wildman–Crippen LogP) is 3.58. The van der Waals surface area contributed by atoms with Gasteiger partial charge in [-0.3, -0.25) is 4.79 Å². The molecular formula is C17H23NO2. The van der Waals surface area contributed by atoms with Crippen molar-refractivity contribution in [2.75, 3.05) is 12.3 Å². The number of hydrogen-bond acceptors (Lipinski definition) is 3. The molecule has 2 N–H and O–H groups in total. The first-order valence-corrected chi connectivity index (χ1v) is 7.72. The minimum Gasteiger partial charge on any atom is -0.399 e. The molecule has 0 aromatic heterocycles. The molecule has 1 atom stereocenters. The van der Waals surface area contributed by atoms with Gasteiger partial charge in [-0.25, -0.2) is 0 Å². The Labute approximate surface area is 120 Å². The highest BCUT2D eigenvalue weighted by atomic mass is 16.5. The molecule has 1 aromatic carbocycles. The molecule has 108 valence electrons. The van der Waals surface area contributed by atoms with Gasteiger partial charge >= 0.3 is 0 Å². The van der Waals surface area contributed by atoms with Gasteiger partial charge in [-0.1, -0.05) is 19.3 Å². The van der Waals surface area contributed by atoms with Crippen LogP contribution in [0.3, 0.4) is 0 Å². The topological polar surface area (TPSA) is 52.3 Å². The molecule has 0 radical (unpaired) electrons. The summed E-state index contributed by atoms with van der Waals surface area (Å²) in [5.74, 6) is 0.378. The minimum atomic E-state index is -0.00929. The average Bonchev–Trinajstić information content (AvgIpc) is 2.48. The van der Waals surface area contributed by atoms with E-state index in [1.165, 1.54) is 19.3 Å². The first kappa shape index (κ1) is 13.6. The molecule has 1 aliphatic carbocycles. The number of benzene rings is 1. The lowest BCUT2D eigenvalue weighted by Crippen LogP contribution is -2.43. The molecule has 1 heterocycles. The number of Topliss-reactive ketones (excluding diaryl/α,β-unsaturated/α-hetero) is 1. The van der Waals surface area contributed by atoms with E-state index in [0.717, 1.165) is 37.9 Å². The van der Waals surface area contributed by atoms with E-state index in [1.807, 2.05) is 24.3 Å². The molecular weight excluding hydrogens is 250 g/mol. The van der Waals surface area contributed by atoms with Crippen LogP contribution in [0, 0.1) is 5.92 Å². The molecule has 1 saturated heterocycles. The van der Waals surface area contributed by atoms with Gasteiger partial charge in [0, 0.05) is 23.8 Å². The van der Waals surface area contributed by atoms with Crippen LogP contribution in [0.4, 0.5) is 5.69 Å². The van der Waals surface area contributed by atoms with E-state index < -0.39 is 0 Å². The molecule has 1 unspecified atom stereocenters. The van der Waals surface area contributed by atoms with Crippen molar-refractivity contribution < 1.29 is 9.53 Å². The normalized spacial score (nSPS) is 25.5. The van der Waals surface area contributed by atoms with Gasteiger partial charge in [0.2, 0.25) is 0 Å². The Morgan fingerprint density at radius 3 is 2.55 bits per heavy atom. The van der Waals surface area contributed by atoms with Crippen LogP contribution in [0.15, 0.2) is 24.3 Å². The highest BCUT2D eigenvalue weighted by Crippen LogP contribution is 2.41. The smallest absolute Gasteiger partial charge is 0.166 e. The van der Waals surface area contributed by atoms with Gasteiger partial charge in [-0.2, -0.15) is 0 Å². The zero-order valence-corrected chi connectivity index (χ0v) is 11.9. The maximum Gasteiger partial charge on any atom is 0.166 e. The molecule has 1 spiro atoms. The van der Waals surface area contributed by atoms with Crippen molar-refractivity contribution in [2.24, 2.45) is 5.92 Å². The highest BCUT2D eigenvalue weighted by Gasteiger charge is 2.40. The maximum atomic E-state index is 12.6. The molecule has 1 aromatic rings. The number of ether oxygens (including phenoxy) is 1. The fourth-order valence-corrected chi connectivity index (χ4v) is 3.68. The SMILES string of the molecule is Nc1ccc(C(=O)C2CCOC3(CCCCC3)C2)cc1. The van der Waals surface area contributed by atoms with Crippen LogP contribution >= 0.6 is 0 Å². The number of ketones is 1. The van der Waals surface area contributed by atoms with Crippen LogP contribution in [-0.4, -0.2) is 18.0 Å². The number of carbonyl (C=O) groups is 1. The molecule has 20 heavy (non-hydrogen) atoms. The Morgan fingerprint density at radius 1 is 1.15 bits per heavy atom. The van der Waals surface area contributed by atoms with Crippen LogP contribution in [0.2, 0.25) is 0 Å². The van der Waals surface area contributed by atoms with E-state index in [4.69, 9.17) is 10.5 Å². The van der Waals surface area contributed by atoms with E-state index in [0.29, 0.717) is 5.69 Å². The molecule has 3 nitrogen and oxygen atoms in total. The van der Waals surface area contributed by atoms with Crippen LogP contribution in [0.1, 0.15) is 55.3 Å². The summed E-state index contributed by atoms with van der Waals surface area (Å²) >= 11 is 0. The third kappa shape index (κ3) is 2.73. The van der Waals surface area contributed by atoms with Crippen LogP contribution in [0.5, 0.6) is 0 Å². The maximum absolute atomic E-state index is 12.6. The van der Waals surface area contributed by atoms with E-state index in [-0.39, 0.29) is 17.3 Å². The largest absolute Gasteiger partial charge is 0.399 e. The van der Waals surface area contributed by atoms with Crippen LogP contribution < -0.4 is 5.73 Å². The molecule has 0 amide bonds. The standard InChI is InChI=1S/C17H23NO2/c18-15-6-4-13(5-7-15)16(19)14-8-11-20-17(12-14)9-2-1-3-10-17/h4-7,14H,1-3,8-12,18H2. The quantitative estimate of drug-likeness (QED) is 0.662. The van der Waals surface area contributed by atoms with Gasteiger partial charge in [0.25, 0.3) is 0 Å². The average molecular weight is 273 g/mol. The van der Waals surface area contributed by atoms with Gasteiger partial charge in [0.05, 0.1) is 5.60 Å². The minimum absolute atomic E-state index is 0.00929. The molecule has 1 saturated carbocycles. The number of hydrogen-bond donors (Lipinski definition) is 1. The van der Waals surface area contributed by atoms with Crippen molar-refractivity contribution >= 4 is 11.5 Å². The van der Waals surface area contributed by atoms with Gasteiger partial charge < -0.3 is 10.5 Å². The Balaban J connectivity index is 1.73. The summed E-state index contributed by atoms with van der Waals surface area (Å²) in [6.07, 6.45) is 7.78. The first-order valence-electron chi connectivity index (χ1n) is 7.72. The zero-order chi connectivity index (χ0) is 14.0. The lowest BCUT2D eigenvalue weighted by molar-refractivity contribution is -0.111. The van der Waals surface area contributed by atoms with Crippen molar-refractivity contribution in [1.29, 1.82) is 0 Å². The number of nitrogens with two attached hydrogens (primary N) is 1. The van der Waals surface area contributed by atoms with E-state index in [1.54, 1.807) is 0 Å². The molecule has 2 fully saturated rings. The second kappa shape index (κ2) is 5.57. The fourth-order valence-electron chi connectivity index (χ4n) is 3.68. The summed E-state index contributed by atoms with van der Waals surface area (Å²) in [6.45, 7) is 0.728. The summed E-state index contributed by atoms with van der Waals surface area (Å²) in [6, 6.07) is 7.31. The number of nitrogen functional groups attached to an aromatic ring is 1. The van der Waals surface area contributed by atoms with Gasteiger partial charge in [0.15, 0.2) is 5.78 Å². The number of carbonyl (C=O) groups excluding carboxylic acids is 1. The Bertz CT molecular complexity index is 469. The molecule has 3 rings (SSSR count). The predicted molar refractivity (Wildman–Crippen MR) is 79.7 cm³/mol. The Morgan fingerprint density at radius 2 is 1.85 bits per heavy atom. The Kier molecular flexibility index (Phi) is 3.79. The highest BCUT2D eigenvalue weighted by molar-refractivity contribution is 5.98. The van der Waals surface area contributed by atoms with Crippen molar-refractivity contribution in [3.63, 3.8) is 0 Å². The number of anilines is 1. The zero-order valence-electron chi connectivity index (χ0n) is 11.9. The van der Waals surface area contributed by atoms with E-state index in [2.05, 4.69) is 0 Å². The lowest BCUT2D eigenvalue weighted by Gasteiger charge is -2.43. The van der Waals surface area contributed by atoms with E-state index in [9.17, 15) is 4.79 Å². The molecule has 3 heteroatoms. The summed E-state index contributed by atoms with van der Waals surface area (Å²) in [4.78, 5) is 12.6. The second-order valence-corrected chi connectivity index (χ2v) is 6.27. The van der Waals surface area contributed by atoms with Crippen LogP contribution in [0.25, 0.3) is 0 Å². The molecule has 2 aliphatic rings. The summed E-state index contributed by atoms with van der Waals surface area (Å²) in [5, 5.41) is 0. The summed E-state index contributed by atoms with van der Waals surface area (Å²) in [7, 11) is 0. The van der Waals surface area contributed by atoms with Crippen molar-refractivity contribution in [2.45, 2.75) is 50.5 Å². The summed E-state index contributed by atoms with van der Waals surface area (Å²) < 4.78 is 6.07.